The molecule has 0 aliphatic heterocycles. The van der Waals surface area contributed by atoms with Crippen LogP contribution in [0.15, 0.2) is 48.5 Å². The number of rotatable bonds is 5. The first-order chi connectivity index (χ1) is 11.9. The van der Waals surface area contributed by atoms with Crippen LogP contribution in [0.4, 0.5) is 10.1 Å². The highest BCUT2D eigenvalue weighted by Gasteiger charge is 2.17. The molecular formula is C17H12FNO6. The number of ether oxygens (including phenoxy) is 2. The molecule has 128 valence electrons. The fourth-order valence-electron chi connectivity index (χ4n) is 1.88. The maximum absolute atomic E-state index is 13.2. The number of halogens is 1. The van der Waals surface area contributed by atoms with Crippen molar-refractivity contribution >= 4 is 23.7 Å². The fourth-order valence-corrected chi connectivity index (χ4v) is 1.88. The van der Waals surface area contributed by atoms with Crippen molar-refractivity contribution < 1.29 is 28.4 Å². The summed E-state index contributed by atoms with van der Waals surface area (Å²) in [6, 6.07) is 8.72. The lowest BCUT2D eigenvalue weighted by atomic mass is 10.1. The first kappa shape index (κ1) is 17.8. The Morgan fingerprint density at radius 1 is 1.16 bits per heavy atom. The molecule has 0 bridgehead atoms. The van der Waals surface area contributed by atoms with Crippen molar-refractivity contribution in [2.45, 2.75) is 0 Å². The zero-order valence-electron chi connectivity index (χ0n) is 13.0. The van der Waals surface area contributed by atoms with Crippen molar-refractivity contribution in [2.75, 3.05) is 7.11 Å². The summed E-state index contributed by atoms with van der Waals surface area (Å²) in [6.07, 6.45) is 2.41. The summed E-state index contributed by atoms with van der Waals surface area (Å²) < 4.78 is 22.5. The molecule has 0 saturated heterocycles. The second-order valence-electron chi connectivity index (χ2n) is 4.74. The largest absolute Gasteiger partial charge is 0.465 e. The van der Waals surface area contributed by atoms with Gasteiger partial charge in [0.25, 0.3) is 0 Å². The second-order valence-corrected chi connectivity index (χ2v) is 4.74. The van der Waals surface area contributed by atoms with E-state index in [0.29, 0.717) is 11.1 Å². The Morgan fingerprint density at radius 2 is 1.84 bits per heavy atom. The van der Waals surface area contributed by atoms with Crippen LogP contribution < -0.4 is 4.74 Å². The van der Waals surface area contributed by atoms with Crippen molar-refractivity contribution in [3.8, 4) is 5.75 Å². The molecule has 0 aliphatic carbocycles. The van der Waals surface area contributed by atoms with Crippen LogP contribution in [-0.4, -0.2) is 24.0 Å². The van der Waals surface area contributed by atoms with Gasteiger partial charge in [-0.2, -0.15) is 0 Å². The van der Waals surface area contributed by atoms with Gasteiger partial charge in [0, 0.05) is 18.2 Å². The van der Waals surface area contributed by atoms with Crippen LogP contribution in [0.1, 0.15) is 15.9 Å². The van der Waals surface area contributed by atoms with Gasteiger partial charge in [0.1, 0.15) is 5.82 Å². The molecule has 0 fully saturated rings. The molecule has 0 saturated carbocycles. The van der Waals surface area contributed by atoms with E-state index in [9.17, 15) is 24.1 Å². The average molecular weight is 345 g/mol. The van der Waals surface area contributed by atoms with Gasteiger partial charge in [-0.3, -0.25) is 10.1 Å². The zero-order valence-corrected chi connectivity index (χ0v) is 13.0. The SMILES string of the molecule is COC(=O)c1ccc(C=CC(=O)Oc2cc(F)ccc2[N+](=O)[O-])cc1. The molecule has 25 heavy (non-hydrogen) atoms. The minimum atomic E-state index is -0.911. The minimum absolute atomic E-state index is 0.345. The van der Waals surface area contributed by atoms with Crippen LogP contribution >= 0.6 is 0 Å². The number of esters is 2. The van der Waals surface area contributed by atoms with Crippen molar-refractivity contribution in [3.63, 3.8) is 0 Å². The number of nitrogens with zero attached hydrogens (tertiary/aromatic N) is 1. The first-order valence-electron chi connectivity index (χ1n) is 6.93. The highest BCUT2D eigenvalue weighted by molar-refractivity contribution is 5.91. The Balaban J connectivity index is 2.10. The van der Waals surface area contributed by atoms with Crippen LogP contribution in [0.3, 0.4) is 0 Å². The first-order valence-corrected chi connectivity index (χ1v) is 6.93. The molecule has 2 aromatic rings. The van der Waals surface area contributed by atoms with Crippen molar-refractivity contribution in [3.05, 3.63) is 75.6 Å². The highest BCUT2D eigenvalue weighted by atomic mass is 19.1. The second kappa shape index (κ2) is 7.82. The predicted octanol–water partition coefficient (Wildman–Crippen LogP) is 3.14. The molecule has 0 radical (unpaired) electrons. The molecule has 8 heteroatoms. The lowest BCUT2D eigenvalue weighted by Crippen LogP contribution is -2.06. The summed E-state index contributed by atoms with van der Waals surface area (Å²) in [5.74, 6) is -2.66. The number of hydrogen-bond acceptors (Lipinski definition) is 6. The Bertz CT molecular complexity index is 845. The van der Waals surface area contributed by atoms with Gasteiger partial charge >= 0.3 is 17.6 Å². The van der Waals surface area contributed by atoms with Gasteiger partial charge in [-0.15, -0.1) is 0 Å². The monoisotopic (exact) mass is 345 g/mol. The van der Waals surface area contributed by atoms with Gasteiger partial charge < -0.3 is 9.47 Å². The third kappa shape index (κ3) is 4.71. The van der Waals surface area contributed by atoms with E-state index in [4.69, 9.17) is 4.74 Å². The van der Waals surface area contributed by atoms with Gasteiger partial charge in [-0.25, -0.2) is 14.0 Å². The average Bonchev–Trinajstić information content (AvgIpc) is 2.59. The lowest BCUT2D eigenvalue weighted by molar-refractivity contribution is -0.385. The van der Waals surface area contributed by atoms with E-state index in [1.54, 1.807) is 12.1 Å². The summed E-state index contributed by atoms with van der Waals surface area (Å²) in [7, 11) is 1.26. The van der Waals surface area contributed by atoms with Crippen LogP contribution in [0.5, 0.6) is 5.75 Å². The quantitative estimate of drug-likeness (QED) is 0.272. The third-order valence-electron chi connectivity index (χ3n) is 3.07. The summed E-state index contributed by atoms with van der Waals surface area (Å²) in [5.41, 5.74) is 0.404. The molecule has 2 rings (SSSR count). The minimum Gasteiger partial charge on any atom is -0.465 e. The van der Waals surface area contributed by atoms with Crippen LogP contribution in [0.2, 0.25) is 0 Å². The maximum Gasteiger partial charge on any atom is 0.337 e. The molecular weight excluding hydrogens is 333 g/mol. The normalized spacial score (nSPS) is 10.5. The number of carbonyl (C=O) groups is 2. The summed E-state index contributed by atoms with van der Waals surface area (Å²) >= 11 is 0. The molecule has 0 aliphatic rings. The van der Waals surface area contributed by atoms with E-state index in [0.717, 1.165) is 24.3 Å². The van der Waals surface area contributed by atoms with E-state index in [1.165, 1.54) is 25.3 Å². The van der Waals surface area contributed by atoms with Crippen LogP contribution in [0, 0.1) is 15.9 Å². The van der Waals surface area contributed by atoms with Crippen LogP contribution in [-0.2, 0) is 9.53 Å². The van der Waals surface area contributed by atoms with Gasteiger partial charge in [-0.05, 0) is 29.8 Å². The number of benzene rings is 2. The Hall–Kier alpha value is -3.55. The van der Waals surface area contributed by atoms with Gasteiger partial charge in [-0.1, -0.05) is 12.1 Å². The molecule has 0 aromatic heterocycles. The lowest BCUT2D eigenvalue weighted by Gasteiger charge is -2.03. The molecule has 0 atom stereocenters. The molecule has 0 heterocycles. The van der Waals surface area contributed by atoms with E-state index in [2.05, 4.69) is 4.74 Å². The van der Waals surface area contributed by atoms with E-state index >= 15 is 0 Å². The molecule has 0 N–H and O–H groups in total. The Kier molecular flexibility index (Phi) is 5.57. The Labute approximate surface area is 141 Å². The molecule has 0 amide bonds. The summed E-state index contributed by atoms with van der Waals surface area (Å²) in [4.78, 5) is 33.1. The van der Waals surface area contributed by atoms with Gasteiger partial charge in [0.05, 0.1) is 17.6 Å². The predicted molar refractivity (Wildman–Crippen MR) is 85.5 cm³/mol. The number of methoxy groups -OCH3 is 1. The van der Waals surface area contributed by atoms with E-state index < -0.39 is 34.1 Å². The van der Waals surface area contributed by atoms with Gasteiger partial charge in [0.2, 0.25) is 5.75 Å². The zero-order chi connectivity index (χ0) is 18.4. The molecule has 0 unspecified atom stereocenters. The van der Waals surface area contributed by atoms with E-state index in [-0.39, 0.29) is 0 Å². The van der Waals surface area contributed by atoms with Crippen molar-refractivity contribution in [1.82, 2.24) is 0 Å². The molecule has 7 nitrogen and oxygen atoms in total. The van der Waals surface area contributed by atoms with E-state index in [1.807, 2.05) is 0 Å². The third-order valence-corrected chi connectivity index (χ3v) is 3.07. The number of nitro groups is 1. The smallest absolute Gasteiger partial charge is 0.337 e. The molecule has 2 aromatic carbocycles. The van der Waals surface area contributed by atoms with Crippen molar-refractivity contribution in [2.24, 2.45) is 0 Å². The van der Waals surface area contributed by atoms with Crippen molar-refractivity contribution in [1.29, 1.82) is 0 Å². The maximum atomic E-state index is 13.2. The number of hydrogen-bond donors (Lipinski definition) is 0. The fraction of sp³-hybridized carbons (Fsp3) is 0.0588. The highest BCUT2D eigenvalue weighted by Crippen LogP contribution is 2.27. The topological polar surface area (TPSA) is 95.7 Å². The standard InChI is InChI=1S/C17H12FNO6/c1-24-17(21)12-5-2-11(3-6-12)4-9-16(20)25-15-10-13(18)7-8-14(15)19(22)23/h2-10H,1H3. The summed E-state index contributed by atoms with van der Waals surface area (Å²) in [6.45, 7) is 0. The number of nitro benzene ring substituents is 1. The van der Waals surface area contributed by atoms with Crippen LogP contribution in [0.25, 0.3) is 6.08 Å². The Morgan fingerprint density at radius 3 is 2.44 bits per heavy atom. The van der Waals surface area contributed by atoms with Gasteiger partial charge in [0.15, 0.2) is 0 Å². The number of carbonyl (C=O) groups excluding carboxylic acids is 2. The summed E-state index contributed by atoms with van der Waals surface area (Å²) in [5, 5.41) is 10.8. The molecule has 0 spiro atoms.